The van der Waals surface area contributed by atoms with Crippen molar-refractivity contribution in [3.8, 4) is 0 Å². The fraction of sp³-hybridized carbons (Fsp3) is 0.429. The van der Waals surface area contributed by atoms with Crippen molar-refractivity contribution in [3.05, 3.63) is 46.5 Å². The van der Waals surface area contributed by atoms with Crippen molar-refractivity contribution in [1.82, 2.24) is 0 Å². The molecule has 0 bridgehead atoms. The van der Waals surface area contributed by atoms with Gasteiger partial charge in [0.1, 0.15) is 6.10 Å². The van der Waals surface area contributed by atoms with E-state index >= 15 is 0 Å². The molecule has 0 aliphatic carbocycles. The number of hydrogen-bond donors (Lipinski definition) is 3. The van der Waals surface area contributed by atoms with E-state index in [-0.39, 0.29) is 23.1 Å². The third kappa shape index (κ3) is 6.74. The van der Waals surface area contributed by atoms with Crippen LogP contribution in [-0.4, -0.2) is 45.3 Å². The van der Waals surface area contributed by atoms with Gasteiger partial charge in [0.2, 0.25) is 0 Å². The lowest BCUT2D eigenvalue weighted by atomic mass is 9.91. The van der Waals surface area contributed by atoms with Gasteiger partial charge in [0.05, 0.1) is 16.7 Å². The number of carboxylic acid groups (broad SMARTS) is 3. The molecule has 1 atom stereocenters. The number of ether oxygens (including phenoxy) is 1. The number of aromatic carboxylic acids is 3. The maximum absolute atomic E-state index is 11.8. The largest absolute Gasteiger partial charge is 0.478 e. The van der Waals surface area contributed by atoms with E-state index in [1.807, 2.05) is 6.92 Å². The van der Waals surface area contributed by atoms with E-state index in [2.05, 4.69) is 6.58 Å². The SMILES string of the molecule is C=C(C)C(=O)OC(CCCC)CCCc1c(C(=O)O)ccc(C(=O)O)c1C(=O)O. The van der Waals surface area contributed by atoms with Crippen molar-refractivity contribution < 1.29 is 39.2 Å². The van der Waals surface area contributed by atoms with Crippen LogP contribution in [0.25, 0.3) is 0 Å². The molecule has 0 aliphatic rings. The van der Waals surface area contributed by atoms with Gasteiger partial charge in [0.15, 0.2) is 0 Å². The van der Waals surface area contributed by atoms with Crippen LogP contribution in [-0.2, 0) is 16.0 Å². The summed E-state index contributed by atoms with van der Waals surface area (Å²) in [6, 6.07) is 2.08. The highest BCUT2D eigenvalue weighted by Crippen LogP contribution is 2.24. The van der Waals surface area contributed by atoms with Crippen LogP contribution in [0.3, 0.4) is 0 Å². The van der Waals surface area contributed by atoms with Gasteiger partial charge in [-0.25, -0.2) is 19.2 Å². The molecule has 0 spiro atoms. The second kappa shape index (κ2) is 11.0. The molecule has 0 saturated heterocycles. The molecule has 0 fully saturated rings. The Labute approximate surface area is 168 Å². The number of carbonyl (C=O) groups excluding carboxylic acids is 1. The van der Waals surface area contributed by atoms with Crippen molar-refractivity contribution >= 4 is 23.9 Å². The number of carbonyl (C=O) groups is 4. The zero-order valence-corrected chi connectivity index (χ0v) is 16.6. The first-order valence-corrected chi connectivity index (χ1v) is 9.32. The van der Waals surface area contributed by atoms with E-state index in [9.17, 15) is 34.5 Å². The van der Waals surface area contributed by atoms with Gasteiger partial charge >= 0.3 is 23.9 Å². The highest BCUT2D eigenvalue weighted by atomic mass is 16.5. The van der Waals surface area contributed by atoms with E-state index in [1.54, 1.807) is 0 Å². The number of benzene rings is 1. The molecule has 0 aliphatic heterocycles. The number of esters is 1. The minimum Gasteiger partial charge on any atom is -0.478 e. The molecule has 1 rings (SSSR count). The second-order valence-electron chi connectivity index (χ2n) is 6.77. The molecule has 1 aromatic rings. The molecule has 1 aromatic carbocycles. The standard InChI is InChI=1S/C21H26O8/c1-4-5-7-13(29-21(28)12(2)3)8-6-9-14-15(18(22)23)10-11-16(19(24)25)17(14)20(26)27/h10-11,13H,2,4-9H2,1,3H3,(H,22,23)(H,24,25)(H,26,27). The Morgan fingerprint density at radius 3 is 2.00 bits per heavy atom. The number of unbranched alkanes of at least 4 members (excludes halogenated alkanes) is 1. The lowest BCUT2D eigenvalue weighted by Gasteiger charge is -2.19. The fourth-order valence-electron chi connectivity index (χ4n) is 2.98. The zero-order chi connectivity index (χ0) is 22.1. The molecule has 0 aromatic heterocycles. The van der Waals surface area contributed by atoms with Crippen LogP contribution >= 0.6 is 0 Å². The molecular formula is C21H26O8. The molecule has 0 amide bonds. The molecule has 0 heterocycles. The normalized spacial score (nSPS) is 11.5. The Kier molecular flexibility index (Phi) is 9.05. The van der Waals surface area contributed by atoms with Crippen molar-refractivity contribution in [2.24, 2.45) is 0 Å². The van der Waals surface area contributed by atoms with E-state index < -0.39 is 41.1 Å². The van der Waals surface area contributed by atoms with Crippen LogP contribution in [0.15, 0.2) is 24.3 Å². The number of rotatable bonds is 12. The Morgan fingerprint density at radius 1 is 0.966 bits per heavy atom. The van der Waals surface area contributed by atoms with Crippen molar-refractivity contribution in [2.75, 3.05) is 0 Å². The number of hydrogen-bond acceptors (Lipinski definition) is 5. The molecule has 158 valence electrons. The summed E-state index contributed by atoms with van der Waals surface area (Å²) in [4.78, 5) is 46.3. The Bertz CT molecular complexity index is 809. The van der Waals surface area contributed by atoms with Gasteiger partial charge in [-0.1, -0.05) is 26.3 Å². The third-order valence-corrected chi connectivity index (χ3v) is 4.44. The van der Waals surface area contributed by atoms with Crippen molar-refractivity contribution in [2.45, 2.75) is 58.5 Å². The molecule has 0 radical (unpaired) electrons. The highest BCUT2D eigenvalue weighted by molar-refractivity contribution is 6.05. The van der Waals surface area contributed by atoms with Crippen LogP contribution in [0.5, 0.6) is 0 Å². The van der Waals surface area contributed by atoms with Crippen LogP contribution in [0.2, 0.25) is 0 Å². The summed E-state index contributed by atoms with van der Waals surface area (Å²) in [6.45, 7) is 7.07. The average molecular weight is 406 g/mol. The maximum atomic E-state index is 11.8. The first kappa shape index (κ1) is 23.9. The minimum absolute atomic E-state index is 0.0254. The molecule has 0 saturated carbocycles. The number of carboxylic acids is 3. The minimum atomic E-state index is -1.50. The summed E-state index contributed by atoms with van der Waals surface area (Å²) < 4.78 is 5.40. The lowest BCUT2D eigenvalue weighted by Crippen LogP contribution is -2.20. The van der Waals surface area contributed by atoms with Crippen LogP contribution in [0.4, 0.5) is 0 Å². The molecule has 1 unspecified atom stereocenters. The summed E-state index contributed by atoms with van der Waals surface area (Å²) in [6.07, 6.45) is 2.65. The topological polar surface area (TPSA) is 138 Å². The van der Waals surface area contributed by atoms with Gasteiger partial charge in [-0.05, 0) is 50.3 Å². The summed E-state index contributed by atoms with van der Waals surface area (Å²) in [7, 11) is 0. The van der Waals surface area contributed by atoms with Crippen LogP contribution < -0.4 is 0 Å². The van der Waals surface area contributed by atoms with Gasteiger partial charge in [0.25, 0.3) is 0 Å². The van der Waals surface area contributed by atoms with Crippen molar-refractivity contribution in [3.63, 3.8) is 0 Å². The van der Waals surface area contributed by atoms with Gasteiger partial charge in [0, 0.05) is 5.57 Å². The van der Waals surface area contributed by atoms with Crippen molar-refractivity contribution in [1.29, 1.82) is 0 Å². The quantitative estimate of drug-likeness (QED) is 0.352. The van der Waals surface area contributed by atoms with E-state index in [0.717, 1.165) is 25.0 Å². The summed E-state index contributed by atoms with van der Waals surface area (Å²) in [5.74, 6) is -4.80. The molecule has 29 heavy (non-hydrogen) atoms. The van der Waals surface area contributed by atoms with Gasteiger partial charge in [-0.15, -0.1) is 0 Å². The lowest BCUT2D eigenvalue weighted by molar-refractivity contribution is -0.145. The van der Waals surface area contributed by atoms with Gasteiger partial charge in [-0.3, -0.25) is 0 Å². The molecule has 8 nitrogen and oxygen atoms in total. The van der Waals surface area contributed by atoms with Gasteiger partial charge in [-0.2, -0.15) is 0 Å². The fourth-order valence-corrected chi connectivity index (χ4v) is 2.98. The average Bonchev–Trinajstić information content (AvgIpc) is 2.64. The molecular weight excluding hydrogens is 380 g/mol. The first-order valence-electron chi connectivity index (χ1n) is 9.32. The Hall–Kier alpha value is -3.16. The van der Waals surface area contributed by atoms with Crippen LogP contribution in [0, 0.1) is 0 Å². The monoisotopic (exact) mass is 406 g/mol. The predicted molar refractivity (Wildman–Crippen MR) is 104 cm³/mol. The second-order valence-corrected chi connectivity index (χ2v) is 6.77. The predicted octanol–water partition coefficient (Wildman–Crippen LogP) is 3.78. The van der Waals surface area contributed by atoms with Gasteiger partial charge < -0.3 is 20.1 Å². The first-order chi connectivity index (χ1) is 13.6. The Balaban J connectivity index is 3.11. The van der Waals surface area contributed by atoms with E-state index in [4.69, 9.17) is 4.74 Å². The molecule has 3 N–H and O–H groups in total. The summed E-state index contributed by atoms with van der Waals surface area (Å²) >= 11 is 0. The Morgan fingerprint density at radius 2 is 1.52 bits per heavy atom. The highest BCUT2D eigenvalue weighted by Gasteiger charge is 2.25. The van der Waals surface area contributed by atoms with E-state index in [1.165, 1.54) is 6.92 Å². The molecule has 8 heteroatoms. The third-order valence-electron chi connectivity index (χ3n) is 4.44. The maximum Gasteiger partial charge on any atom is 0.336 e. The summed E-state index contributed by atoms with van der Waals surface area (Å²) in [5.41, 5.74) is -1.03. The zero-order valence-electron chi connectivity index (χ0n) is 16.6. The smallest absolute Gasteiger partial charge is 0.336 e. The summed E-state index contributed by atoms with van der Waals surface area (Å²) in [5, 5.41) is 28.1. The van der Waals surface area contributed by atoms with E-state index in [0.29, 0.717) is 19.3 Å². The van der Waals surface area contributed by atoms with Crippen LogP contribution in [0.1, 0.15) is 82.6 Å².